The second-order valence-corrected chi connectivity index (χ2v) is 11.8. The van der Waals surface area contributed by atoms with Crippen LogP contribution in [-0.2, 0) is 34.0 Å². The molecule has 0 aliphatic heterocycles. The number of H-pyrrole nitrogens is 1. The van der Waals surface area contributed by atoms with E-state index < -0.39 is 40.3 Å². The molecule has 1 amide bonds. The highest BCUT2D eigenvalue weighted by molar-refractivity contribution is 7.92. The molecule has 0 spiro atoms. The summed E-state index contributed by atoms with van der Waals surface area (Å²) in [4.78, 5) is 18.3. The Hall–Kier alpha value is -3.89. The van der Waals surface area contributed by atoms with Crippen molar-refractivity contribution in [1.29, 1.82) is 0 Å². The Bertz CT molecular complexity index is 1600. The first kappa shape index (κ1) is 30.1. The van der Waals surface area contributed by atoms with Crippen molar-refractivity contribution in [2.45, 2.75) is 39.0 Å². The van der Waals surface area contributed by atoms with E-state index in [1.54, 1.807) is 38.1 Å². The Balaban J connectivity index is 1.57. The lowest BCUT2D eigenvalue weighted by Crippen LogP contribution is -2.45. The van der Waals surface area contributed by atoms with Crippen molar-refractivity contribution < 1.29 is 26.4 Å². The van der Waals surface area contributed by atoms with E-state index in [4.69, 9.17) is 0 Å². The number of nitrogens with zero attached hydrogens (tertiary/aromatic N) is 2. The number of fused-ring (bicyclic) bond motifs is 1. The van der Waals surface area contributed by atoms with Crippen LogP contribution < -0.4 is 0 Å². The number of aromatic amines is 1. The first-order valence-corrected chi connectivity index (χ1v) is 14.7. The van der Waals surface area contributed by atoms with Crippen LogP contribution in [-0.4, -0.2) is 47.6 Å². The van der Waals surface area contributed by atoms with Gasteiger partial charge < -0.3 is 9.88 Å². The van der Waals surface area contributed by atoms with Crippen molar-refractivity contribution in [3.63, 3.8) is 0 Å². The summed E-state index contributed by atoms with van der Waals surface area (Å²) in [6.07, 6.45) is -0.654. The molecule has 6 nitrogen and oxygen atoms in total. The van der Waals surface area contributed by atoms with E-state index in [1.807, 2.05) is 36.5 Å². The summed E-state index contributed by atoms with van der Waals surface area (Å²) < 4.78 is 66.9. The molecule has 216 valence electrons. The van der Waals surface area contributed by atoms with Gasteiger partial charge in [-0.05, 0) is 61.2 Å². The first-order chi connectivity index (χ1) is 19.4. The molecule has 10 heteroatoms. The van der Waals surface area contributed by atoms with Crippen LogP contribution in [0, 0.1) is 0 Å². The number of amides is 1. The fourth-order valence-electron chi connectivity index (χ4n) is 4.51. The van der Waals surface area contributed by atoms with Crippen LogP contribution in [0.2, 0.25) is 0 Å². The highest BCUT2D eigenvalue weighted by Gasteiger charge is 2.31. The Kier molecular flexibility index (Phi) is 9.35. The number of para-hydroxylation sites is 1. The van der Waals surface area contributed by atoms with Crippen LogP contribution in [0.15, 0.2) is 90.5 Å². The van der Waals surface area contributed by atoms with Crippen LogP contribution in [0.4, 0.5) is 13.2 Å². The SMILES string of the molecule is CC(C)N(CC(=O)N(CCc1c[nH]c2ccccc12)Cc1ccc(C(F)(F)F)cc1)S(=O)(=O)/C=C/c1ccccc1. The van der Waals surface area contributed by atoms with Crippen molar-refractivity contribution in [2.75, 3.05) is 13.1 Å². The molecule has 0 radical (unpaired) electrons. The molecule has 4 rings (SSSR count). The third-order valence-corrected chi connectivity index (χ3v) is 8.44. The van der Waals surface area contributed by atoms with Crippen LogP contribution in [0.5, 0.6) is 0 Å². The first-order valence-electron chi connectivity index (χ1n) is 13.2. The Morgan fingerprint density at radius 2 is 1.61 bits per heavy atom. The van der Waals surface area contributed by atoms with Crippen molar-refractivity contribution in [1.82, 2.24) is 14.2 Å². The van der Waals surface area contributed by atoms with Gasteiger partial charge in [0.1, 0.15) is 0 Å². The number of hydrogen-bond donors (Lipinski definition) is 1. The number of benzene rings is 3. The van der Waals surface area contributed by atoms with Gasteiger partial charge in [0.2, 0.25) is 15.9 Å². The van der Waals surface area contributed by atoms with Gasteiger partial charge in [-0.3, -0.25) is 4.79 Å². The number of rotatable bonds is 11. The van der Waals surface area contributed by atoms with Crippen LogP contribution in [0.3, 0.4) is 0 Å². The predicted octanol–water partition coefficient (Wildman–Crippen LogP) is 6.47. The van der Waals surface area contributed by atoms with Crippen LogP contribution >= 0.6 is 0 Å². The lowest BCUT2D eigenvalue weighted by molar-refractivity contribution is -0.137. The topological polar surface area (TPSA) is 73.5 Å². The normalized spacial score (nSPS) is 12.6. The quantitative estimate of drug-likeness (QED) is 0.220. The molecule has 0 aliphatic carbocycles. The van der Waals surface area contributed by atoms with Crippen molar-refractivity contribution in [3.8, 4) is 0 Å². The van der Waals surface area contributed by atoms with Crippen molar-refractivity contribution in [3.05, 3.63) is 113 Å². The lowest BCUT2D eigenvalue weighted by atomic mass is 10.1. The molecular formula is C31H32F3N3O3S. The Morgan fingerprint density at radius 1 is 0.951 bits per heavy atom. The Morgan fingerprint density at radius 3 is 2.27 bits per heavy atom. The molecule has 1 N–H and O–H groups in total. The highest BCUT2D eigenvalue weighted by Crippen LogP contribution is 2.29. The van der Waals surface area contributed by atoms with Gasteiger partial charge in [-0.2, -0.15) is 17.5 Å². The molecule has 1 aromatic heterocycles. The van der Waals surface area contributed by atoms with Gasteiger partial charge in [-0.15, -0.1) is 0 Å². The van der Waals surface area contributed by atoms with E-state index in [0.29, 0.717) is 17.5 Å². The molecule has 0 bridgehead atoms. The second-order valence-electron chi connectivity index (χ2n) is 10.0. The zero-order chi connectivity index (χ0) is 29.6. The van der Waals surface area contributed by atoms with Gasteiger partial charge >= 0.3 is 6.18 Å². The summed E-state index contributed by atoms with van der Waals surface area (Å²) >= 11 is 0. The average Bonchev–Trinajstić information content (AvgIpc) is 3.36. The monoisotopic (exact) mass is 583 g/mol. The zero-order valence-corrected chi connectivity index (χ0v) is 23.6. The number of carbonyl (C=O) groups is 1. The molecule has 41 heavy (non-hydrogen) atoms. The second kappa shape index (κ2) is 12.7. The van der Waals surface area contributed by atoms with Crippen molar-refractivity contribution >= 4 is 32.9 Å². The van der Waals surface area contributed by atoms with Gasteiger partial charge in [0.25, 0.3) is 0 Å². The summed E-state index contributed by atoms with van der Waals surface area (Å²) in [6, 6.07) is 20.8. The number of alkyl halides is 3. The average molecular weight is 584 g/mol. The third-order valence-electron chi connectivity index (χ3n) is 6.76. The molecule has 0 saturated carbocycles. The molecule has 0 fully saturated rings. The summed E-state index contributed by atoms with van der Waals surface area (Å²) in [5, 5.41) is 2.09. The maximum Gasteiger partial charge on any atom is 0.416 e. The van der Waals surface area contributed by atoms with Gasteiger partial charge in [-0.1, -0.05) is 60.7 Å². The number of sulfonamides is 1. The molecule has 0 atom stereocenters. The summed E-state index contributed by atoms with van der Waals surface area (Å²) in [6.45, 7) is 3.24. The predicted molar refractivity (Wildman–Crippen MR) is 155 cm³/mol. The van der Waals surface area contributed by atoms with Crippen LogP contribution in [0.25, 0.3) is 17.0 Å². The smallest absolute Gasteiger partial charge is 0.361 e. The number of carbonyl (C=O) groups excluding carboxylic acids is 1. The van der Waals surface area contributed by atoms with E-state index in [-0.39, 0.29) is 13.1 Å². The largest absolute Gasteiger partial charge is 0.416 e. The maximum atomic E-state index is 13.6. The van der Waals surface area contributed by atoms with E-state index in [0.717, 1.165) is 38.3 Å². The molecule has 0 aliphatic rings. The van der Waals surface area contributed by atoms with E-state index >= 15 is 0 Å². The molecule has 1 heterocycles. The number of aromatic nitrogens is 1. The summed E-state index contributed by atoms with van der Waals surface area (Å²) in [5.41, 5.74) is 2.36. The summed E-state index contributed by atoms with van der Waals surface area (Å²) in [7, 11) is -3.95. The lowest BCUT2D eigenvalue weighted by Gasteiger charge is -2.29. The zero-order valence-electron chi connectivity index (χ0n) is 22.8. The van der Waals surface area contributed by atoms with Gasteiger partial charge in [-0.25, -0.2) is 8.42 Å². The molecule has 3 aromatic carbocycles. The van der Waals surface area contributed by atoms with E-state index in [9.17, 15) is 26.4 Å². The number of nitrogens with one attached hydrogen (secondary N) is 1. The standard InChI is InChI=1S/C31H32F3N3O3S/c1-23(2)37(41(39,40)19-17-24-8-4-3-5-9-24)22-30(38)36(21-25-12-14-27(15-13-25)31(32,33)34)18-16-26-20-35-29-11-7-6-10-28(26)29/h3-15,17,19-20,23,35H,16,18,21-22H2,1-2H3/b19-17+. The summed E-state index contributed by atoms with van der Waals surface area (Å²) in [5.74, 6) is -0.449. The van der Waals surface area contributed by atoms with Gasteiger partial charge in [0, 0.05) is 41.6 Å². The molecular weight excluding hydrogens is 551 g/mol. The van der Waals surface area contributed by atoms with E-state index in [2.05, 4.69) is 4.98 Å². The fourth-order valence-corrected chi connectivity index (χ4v) is 5.88. The minimum atomic E-state index is -4.47. The highest BCUT2D eigenvalue weighted by atomic mass is 32.2. The van der Waals surface area contributed by atoms with Gasteiger partial charge in [0.15, 0.2) is 0 Å². The molecule has 4 aromatic rings. The minimum Gasteiger partial charge on any atom is -0.361 e. The third kappa shape index (κ3) is 7.86. The molecule has 0 unspecified atom stereocenters. The number of halogens is 3. The van der Waals surface area contributed by atoms with Crippen molar-refractivity contribution in [2.24, 2.45) is 0 Å². The van der Waals surface area contributed by atoms with E-state index in [1.165, 1.54) is 23.1 Å². The maximum absolute atomic E-state index is 13.6. The molecule has 0 saturated heterocycles. The fraction of sp³-hybridized carbons (Fsp3) is 0.258. The van der Waals surface area contributed by atoms with Crippen LogP contribution in [0.1, 0.15) is 36.1 Å². The van der Waals surface area contributed by atoms with Gasteiger partial charge in [0.05, 0.1) is 12.1 Å². The minimum absolute atomic E-state index is 0.0329. The number of hydrogen-bond acceptors (Lipinski definition) is 3. The Labute approximate surface area is 238 Å².